The highest BCUT2D eigenvalue weighted by molar-refractivity contribution is 6.51. The maximum absolute atomic E-state index is 13.1. The number of aryl methyl sites for hydroxylation is 1. The van der Waals surface area contributed by atoms with Crippen molar-refractivity contribution in [3.05, 3.63) is 83.3 Å². The Labute approximate surface area is 185 Å². The molecule has 3 aromatic rings. The van der Waals surface area contributed by atoms with E-state index < -0.39 is 17.7 Å². The molecule has 0 saturated carbocycles. The Hall–Kier alpha value is -4.00. The molecule has 32 heavy (non-hydrogen) atoms. The average molecular weight is 433 g/mol. The van der Waals surface area contributed by atoms with Crippen molar-refractivity contribution in [2.24, 2.45) is 0 Å². The molecule has 7 heteroatoms. The van der Waals surface area contributed by atoms with Gasteiger partial charge in [-0.3, -0.25) is 14.5 Å². The molecule has 1 aliphatic rings. The molecule has 1 N–H and O–H groups in total. The van der Waals surface area contributed by atoms with Crippen molar-refractivity contribution in [2.75, 3.05) is 18.6 Å². The lowest BCUT2D eigenvalue weighted by Crippen LogP contribution is -2.29. The highest BCUT2D eigenvalue weighted by Crippen LogP contribution is 2.43. The van der Waals surface area contributed by atoms with Gasteiger partial charge in [0.05, 0.1) is 19.3 Å². The van der Waals surface area contributed by atoms with Crippen molar-refractivity contribution in [2.45, 2.75) is 19.9 Å². The van der Waals surface area contributed by atoms with Crippen LogP contribution in [0.2, 0.25) is 0 Å². The van der Waals surface area contributed by atoms with Crippen molar-refractivity contribution in [3.8, 4) is 11.5 Å². The van der Waals surface area contributed by atoms with E-state index in [2.05, 4.69) is 0 Å². The second-order valence-electron chi connectivity index (χ2n) is 7.28. The minimum Gasteiger partial charge on any atom is -0.507 e. The minimum atomic E-state index is -0.928. The molecule has 4 rings (SSSR count). The third-order valence-corrected chi connectivity index (χ3v) is 5.25. The molecule has 0 spiro atoms. The summed E-state index contributed by atoms with van der Waals surface area (Å²) >= 11 is 0. The molecule has 0 bridgehead atoms. The topological polar surface area (TPSA) is 89.2 Å². The van der Waals surface area contributed by atoms with Gasteiger partial charge in [0.25, 0.3) is 11.7 Å². The van der Waals surface area contributed by atoms with Crippen molar-refractivity contribution in [1.82, 2.24) is 0 Å². The van der Waals surface area contributed by atoms with Crippen LogP contribution < -0.4 is 14.4 Å². The summed E-state index contributed by atoms with van der Waals surface area (Å²) in [5.41, 5.74) is 0.804. The number of aliphatic hydroxyl groups is 1. The highest BCUT2D eigenvalue weighted by Gasteiger charge is 2.48. The van der Waals surface area contributed by atoms with Gasteiger partial charge >= 0.3 is 0 Å². The largest absolute Gasteiger partial charge is 0.507 e. The number of amides is 1. The summed E-state index contributed by atoms with van der Waals surface area (Å²) in [5.74, 6) is 0.331. The van der Waals surface area contributed by atoms with E-state index in [1.165, 1.54) is 12.0 Å². The predicted octanol–water partition coefficient (Wildman–Crippen LogP) is 4.62. The Kier molecular flexibility index (Phi) is 5.73. The SMILES string of the molecule is CCOc1ccc(/C(O)=C2/C(=O)C(=O)N(c3cccc(OC)c3)C2c2ccc(C)o2)cc1. The molecule has 1 saturated heterocycles. The van der Waals surface area contributed by atoms with Gasteiger partial charge in [0.15, 0.2) is 0 Å². The summed E-state index contributed by atoms with van der Waals surface area (Å²) in [6.45, 7) is 4.15. The number of rotatable bonds is 6. The smallest absolute Gasteiger partial charge is 0.300 e. The molecule has 1 aromatic heterocycles. The lowest BCUT2D eigenvalue weighted by molar-refractivity contribution is -0.132. The summed E-state index contributed by atoms with van der Waals surface area (Å²) in [5, 5.41) is 11.1. The quantitative estimate of drug-likeness (QED) is 0.347. The number of nitrogens with zero attached hydrogens (tertiary/aromatic N) is 1. The second kappa shape index (κ2) is 8.63. The van der Waals surface area contributed by atoms with E-state index in [4.69, 9.17) is 13.9 Å². The number of ketones is 1. The lowest BCUT2D eigenvalue weighted by atomic mass is 9.99. The van der Waals surface area contributed by atoms with Gasteiger partial charge in [-0.15, -0.1) is 0 Å². The molecule has 164 valence electrons. The van der Waals surface area contributed by atoms with Crippen LogP contribution in [-0.4, -0.2) is 30.5 Å². The number of carbonyl (C=O) groups is 2. The number of furan rings is 1. The highest BCUT2D eigenvalue weighted by atomic mass is 16.5. The van der Waals surface area contributed by atoms with E-state index in [-0.39, 0.29) is 11.3 Å². The number of hydrogen-bond donors (Lipinski definition) is 1. The number of methoxy groups -OCH3 is 1. The maximum Gasteiger partial charge on any atom is 0.300 e. The Bertz CT molecular complexity index is 1190. The molecule has 1 amide bonds. The van der Waals surface area contributed by atoms with Gasteiger partial charge in [-0.2, -0.15) is 0 Å². The van der Waals surface area contributed by atoms with Crippen LogP contribution in [-0.2, 0) is 9.59 Å². The molecular formula is C25H23NO6. The van der Waals surface area contributed by atoms with Crippen molar-refractivity contribution < 1.29 is 28.6 Å². The van der Waals surface area contributed by atoms with Gasteiger partial charge in [-0.1, -0.05) is 6.07 Å². The summed E-state index contributed by atoms with van der Waals surface area (Å²) in [6.07, 6.45) is 0. The Morgan fingerprint density at radius 3 is 2.44 bits per heavy atom. The van der Waals surface area contributed by atoms with Gasteiger partial charge in [-0.25, -0.2) is 0 Å². The van der Waals surface area contributed by atoms with E-state index in [1.54, 1.807) is 67.6 Å². The van der Waals surface area contributed by atoms with Crippen molar-refractivity contribution in [1.29, 1.82) is 0 Å². The summed E-state index contributed by atoms with van der Waals surface area (Å²) in [6, 6.07) is 16.0. The molecule has 0 radical (unpaired) electrons. The summed E-state index contributed by atoms with van der Waals surface area (Å²) in [7, 11) is 1.52. The number of Topliss-reactive ketones (excluding diaryl/α,β-unsaturated/α-hetero) is 1. The number of carbonyl (C=O) groups excluding carboxylic acids is 2. The third-order valence-electron chi connectivity index (χ3n) is 5.25. The third kappa shape index (κ3) is 3.73. The van der Waals surface area contributed by atoms with E-state index in [9.17, 15) is 14.7 Å². The molecule has 1 atom stereocenters. The first-order valence-corrected chi connectivity index (χ1v) is 10.2. The average Bonchev–Trinajstić information content (AvgIpc) is 3.35. The van der Waals surface area contributed by atoms with Gasteiger partial charge in [-0.05, 0) is 62.4 Å². The lowest BCUT2D eigenvalue weighted by Gasteiger charge is -2.23. The van der Waals surface area contributed by atoms with Crippen LogP contribution in [0.15, 0.2) is 70.7 Å². The van der Waals surface area contributed by atoms with Gasteiger partial charge in [0, 0.05) is 17.3 Å². The fraction of sp³-hybridized carbons (Fsp3) is 0.200. The fourth-order valence-corrected chi connectivity index (χ4v) is 3.76. The number of hydrogen-bond acceptors (Lipinski definition) is 6. The van der Waals surface area contributed by atoms with E-state index in [0.29, 0.717) is 40.9 Å². The molecule has 1 fully saturated rings. The van der Waals surface area contributed by atoms with Gasteiger partial charge < -0.3 is 19.0 Å². The van der Waals surface area contributed by atoms with E-state index in [1.807, 2.05) is 6.92 Å². The van der Waals surface area contributed by atoms with Crippen molar-refractivity contribution >= 4 is 23.1 Å². The van der Waals surface area contributed by atoms with Crippen LogP contribution in [0.4, 0.5) is 5.69 Å². The van der Waals surface area contributed by atoms with Crippen LogP contribution in [0.5, 0.6) is 11.5 Å². The Morgan fingerprint density at radius 2 is 1.81 bits per heavy atom. The maximum atomic E-state index is 13.1. The zero-order chi connectivity index (χ0) is 22.8. The fourth-order valence-electron chi connectivity index (χ4n) is 3.76. The van der Waals surface area contributed by atoms with E-state index >= 15 is 0 Å². The van der Waals surface area contributed by atoms with Crippen molar-refractivity contribution in [3.63, 3.8) is 0 Å². The van der Waals surface area contributed by atoms with Crippen LogP contribution >= 0.6 is 0 Å². The first kappa shape index (κ1) is 21.2. The molecule has 1 unspecified atom stereocenters. The first-order chi connectivity index (χ1) is 15.4. The van der Waals surface area contributed by atoms with Gasteiger partial charge in [0.2, 0.25) is 0 Å². The zero-order valence-electron chi connectivity index (χ0n) is 18.0. The number of anilines is 1. The second-order valence-corrected chi connectivity index (χ2v) is 7.28. The van der Waals surface area contributed by atoms with Crippen LogP contribution in [0.3, 0.4) is 0 Å². The molecule has 1 aliphatic heterocycles. The monoisotopic (exact) mass is 433 g/mol. The zero-order valence-corrected chi connectivity index (χ0v) is 18.0. The number of ether oxygens (including phenoxy) is 2. The summed E-state index contributed by atoms with van der Waals surface area (Å²) < 4.78 is 16.5. The Morgan fingerprint density at radius 1 is 1.06 bits per heavy atom. The van der Waals surface area contributed by atoms with Gasteiger partial charge in [0.1, 0.15) is 34.8 Å². The minimum absolute atomic E-state index is 0.0451. The normalized spacial score (nSPS) is 17.6. The Balaban J connectivity index is 1.87. The van der Waals surface area contributed by atoms with Crippen LogP contribution in [0, 0.1) is 6.92 Å². The van der Waals surface area contributed by atoms with E-state index in [0.717, 1.165) is 0 Å². The summed E-state index contributed by atoms with van der Waals surface area (Å²) in [4.78, 5) is 27.5. The number of aliphatic hydroxyl groups excluding tert-OH is 1. The number of benzene rings is 2. The molecule has 2 heterocycles. The molecule has 2 aromatic carbocycles. The van der Waals surface area contributed by atoms with Crippen LogP contribution in [0.25, 0.3) is 5.76 Å². The van der Waals surface area contributed by atoms with Crippen LogP contribution in [0.1, 0.15) is 30.0 Å². The standard InChI is InChI=1S/C25H23NO6/c1-4-31-18-11-9-16(10-12-18)23(27)21-22(20-13-8-15(2)32-20)26(25(29)24(21)28)17-6-5-7-19(14-17)30-3/h5-14,22,27H,4H2,1-3H3/b23-21-. The molecule has 0 aliphatic carbocycles. The molecular weight excluding hydrogens is 410 g/mol. The first-order valence-electron chi connectivity index (χ1n) is 10.2. The predicted molar refractivity (Wildman–Crippen MR) is 119 cm³/mol. The molecule has 7 nitrogen and oxygen atoms in total.